The molecule has 2 aliphatic carbocycles. The molecule has 2 N–H and O–H groups in total. The van der Waals surface area contributed by atoms with Gasteiger partial charge in [-0.15, -0.1) is 0 Å². The first-order valence-corrected chi connectivity index (χ1v) is 7.89. The van der Waals surface area contributed by atoms with E-state index >= 15 is 0 Å². The fourth-order valence-electron chi connectivity index (χ4n) is 3.22. The number of anilines is 1. The summed E-state index contributed by atoms with van der Waals surface area (Å²) in [6.07, 6.45) is 9.71. The van der Waals surface area contributed by atoms with Crippen LogP contribution in [0.3, 0.4) is 0 Å². The summed E-state index contributed by atoms with van der Waals surface area (Å²) in [4.78, 5) is 8.62. The predicted molar refractivity (Wildman–Crippen MR) is 82.3 cm³/mol. The zero-order valence-corrected chi connectivity index (χ0v) is 12.2. The quantitative estimate of drug-likeness (QED) is 0.801. The van der Waals surface area contributed by atoms with Crippen molar-refractivity contribution in [2.24, 2.45) is 0 Å². The molecule has 0 bridgehead atoms. The minimum absolute atomic E-state index is 0.508. The van der Waals surface area contributed by atoms with Gasteiger partial charge < -0.3 is 14.8 Å². The molecule has 0 saturated heterocycles. The van der Waals surface area contributed by atoms with Gasteiger partial charge in [0.1, 0.15) is 29.2 Å². The lowest BCUT2D eigenvalue weighted by Crippen LogP contribution is -2.16. The van der Waals surface area contributed by atoms with E-state index in [1.807, 2.05) is 6.07 Å². The highest BCUT2D eigenvalue weighted by atomic mass is 16.5. The molecule has 2 aliphatic rings. The van der Waals surface area contributed by atoms with E-state index in [9.17, 15) is 0 Å². The normalized spacial score (nSPS) is 18.7. The average molecular weight is 295 g/mol. The Morgan fingerprint density at radius 3 is 2.77 bits per heavy atom. The maximum atomic E-state index is 6.12. The second-order valence-electron chi connectivity index (χ2n) is 6.38. The summed E-state index contributed by atoms with van der Waals surface area (Å²) < 4.78 is 7.73. The molecule has 6 heteroatoms. The molecule has 0 radical (unpaired) electrons. The molecule has 6 nitrogen and oxygen atoms in total. The highest BCUT2D eigenvalue weighted by molar-refractivity contribution is 5.99. The minimum Gasteiger partial charge on any atom is -0.383 e. The molecule has 2 fully saturated rings. The van der Waals surface area contributed by atoms with Crippen LogP contribution >= 0.6 is 0 Å². The first-order chi connectivity index (χ1) is 10.8. The van der Waals surface area contributed by atoms with Gasteiger partial charge in [-0.3, -0.25) is 0 Å². The van der Waals surface area contributed by atoms with Gasteiger partial charge in [0, 0.05) is 29.8 Å². The van der Waals surface area contributed by atoms with Crippen molar-refractivity contribution >= 4 is 16.9 Å². The van der Waals surface area contributed by atoms with Crippen molar-refractivity contribution in [1.29, 1.82) is 0 Å². The van der Waals surface area contributed by atoms with Crippen molar-refractivity contribution in [3.05, 3.63) is 24.4 Å². The Morgan fingerprint density at radius 1 is 1.18 bits per heavy atom. The van der Waals surface area contributed by atoms with Crippen LogP contribution in [0.4, 0.5) is 5.82 Å². The van der Waals surface area contributed by atoms with Crippen LogP contribution in [0.25, 0.3) is 22.3 Å². The Hall–Kier alpha value is -2.37. The van der Waals surface area contributed by atoms with Gasteiger partial charge in [-0.2, -0.15) is 0 Å². The number of nitrogens with zero attached hydrogens (tertiary/aromatic N) is 4. The molecule has 3 aromatic rings. The van der Waals surface area contributed by atoms with Gasteiger partial charge in [0.15, 0.2) is 0 Å². The van der Waals surface area contributed by atoms with Crippen LogP contribution in [0.1, 0.15) is 49.8 Å². The van der Waals surface area contributed by atoms with Crippen LogP contribution in [0.2, 0.25) is 0 Å². The number of rotatable bonds is 3. The molecule has 5 rings (SSSR count). The molecule has 0 amide bonds. The van der Waals surface area contributed by atoms with Crippen LogP contribution in [-0.2, 0) is 0 Å². The molecule has 22 heavy (non-hydrogen) atoms. The maximum Gasteiger partial charge on any atom is 0.146 e. The van der Waals surface area contributed by atoms with Crippen LogP contribution in [-0.4, -0.2) is 19.7 Å². The van der Waals surface area contributed by atoms with Gasteiger partial charge in [0.05, 0.1) is 5.39 Å². The summed E-state index contributed by atoms with van der Waals surface area (Å²) >= 11 is 0. The van der Waals surface area contributed by atoms with E-state index in [2.05, 4.69) is 25.9 Å². The van der Waals surface area contributed by atoms with Gasteiger partial charge >= 0.3 is 0 Å². The fourth-order valence-corrected chi connectivity index (χ4v) is 3.22. The lowest BCUT2D eigenvalue weighted by Gasteiger charge is -2.27. The average Bonchev–Trinajstić information content (AvgIpc) is 3.07. The van der Waals surface area contributed by atoms with Gasteiger partial charge in [0.2, 0.25) is 0 Å². The number of hydrogen-bond donors (Lipinski definition) is 1. The van der Waals surface area contributed by atoms with Gasteiger partial charge in [-0.1, -0.05) is 5.16 Å². The van der Waals surface area contributed by atoms with E-state index in [4.69, 9.17) is 10.3 Å². The molecular formula is C16H17N5O. The standard InChI is InChI=1S/C16H17N5O/c17-15-14-11(12-6-13(22-20-12)9-4-5-9)7-21(10-2-1-3-10)16(14)19-8-18-15/h6-10H,1-5H2,(H2,17,18,19). The Labute approximate surface area is 127 Å². The van der Waals surface area contributed by atoms with Gasteiger partial charge in [-0.05, 0) is 32.1 Å². The maximum absolute atomic E-state index is 6.12. The van der Waals surface area contributed by atoms with Crippen molar-refractivity contribution in [1.82, 2.24) is 19.7 Å². The molecule has 0 spiro atoms. The predicted octanol–water partition coefficient (Wildman–Crippen LogP) is 3.27. The summed E-state index contributed by atoms with van der Waals surface area (Å²) in [5.74, 6) is 2.04. The number of hydrogen-bond acceptors (Lipinski definition) is 5. The molecule has 3 aromatic heterocycles. The van der Waals surface area contributed by atoms with Crippen molar-refractivity contribution in [3.8, 4) is 11.3 Å². The Kier molecular flexibility index (Phi) is 2.39. The molecule has 0 aliphatic heterocycles. The minimum atomic E-state index is 0.508. The third-order valence-electron chi connectivity index (χ3n) is 4.89. The summed E-state index contributed by atoms with van der Waals surface area (Å²) in [6, 6.07) is 2.56. The molecule has 2 saturated carbocycles. The van der Waals surface area contributed by atoms with E-state index in [1.165, 1.54) is 38.4 Å². The smallest absolute Gasteiger partial charge is 0.146 e. The van der Waals surface area contributed by atoms with E-state index in [1.54, 1.807) is 0 Å². The summed E-state index contributed by atoms with van der Waals surface area (Å²) in [5.41, 5.74) is 8.85. The van der Waals surface area contributed by atoms with Crippen molar-refractivity contribution < 1.29 is 4.52 Å². The molecule has 0 atom stereocenters. The molecule has 0 unspecified atom stereocenters. The van der Waals surface area contributed by atoms with E-state index < -0.39 is 0 Å². The molecule has 0 aromatic carbocycles. The fraction of sp³-hybridized carbons (Fsp3) is 0.438. The second kappa shape index (κ2) is 4.32. The summed E-state index contributed by atoms with van der Waals surface area (Å²) in [5, 5.41) is 5.15. The monoisotopic (exact) mass is 295 g/mol. The number of fused-ring (bicyclic) bond motifs is 1. The first-order valence-electron chi connectivity index (χ1n) is 7.89. The van der Waals surface area contributed by atoms with Crippen molar-refractivity contribution in [3.63, 3.8) is 0 Å². The van der Waals surface area contributed by atoms with Gasteiger partial charge in [-0.25, -0.2) is 9.97 Å². The summed E-state index contributed by atoms with van der Waals surface area (Å²) in [6.45, 7) is 0. The van der Waals surface area contributed by atoms with E-state index in [-0.39, 0.29) is 0 Å². The Morgan fingerprint density at radius 2 is 2.05 bits per heavy atom. The Bertz CT molecular complexity index is 857. The molecular weight excluding hydrogens is 278 g/mol. The first kappa shape index (κ1) is 12.2. The van der Waals surface area contributed by atoms with Gasteiger partial charge in [0.25, 0.3) is 0 Å². The van der Waals surface area contributed by atoms with Crippen LogP contribution in [0, 0.1) is 0 Å². The third kappa shape index (κ3) is 1.70. The Balaban J connectivity index is 1.71. The zero-order chi connectivity index (χ0) is 14.7. The third-order valence-corrected chi connectivity index (χ3v) is 4.89. The number of aromatic nitrogens is 4. The van der Waals surface area contributed by atoms with Crippen molar-refractivity contribution in [2.45, 2.75) is 44.1 Å². The van der Waals surface area contributed by atoms with Crippen LogP contribution in [0.5, 0.6) is 0 Å². The van der Waals surface area contributed by atoms with Crippen LogP contribution in [0.15, 0.2) is 23.1 Å². The molecule has 3 heterocycles. The largest absolute Gasteiger partial charge is 0.383 e. The zero-order valence-electron chi connectivity index (χ0n) is 12.2. The number of nitrogen functional groups attached to an aromatic ring is 1. The summed E-state index contributed by atoms with van der Waals surface area (Å²) in [7, 11) is 0. The lowest BCUT2D eigenvalue weighted by molar-refractivity contribution is 0.320. The number of nitrogens with two attached hydrogens (primary N) is 1. The van der Waals surface area contributed by atoms with E-state index in [0.717, 1.165) is 28.1 Å². The van der Waals surface area contributed by atoms with E-state index in [0.29, 0.717) is 17.8 Å². The molecule has 112 valence electrons. The lowest BCUT2D eigenvalue weighted by atomic mass is 9.93. The topological polar surface area (TPSA) is 82.8 Å². The highest BCUT2D eigenvalue weighted by Gasteiger charge is 2.30. The SMILES string of the molecule is Nc1ncnc2c1c(-c1cc(C3CC3)on1)cn2C1CCC1. The second-order valence-corrected chi connectivity index (χ2v) is 6.38. The van der Waals surface area contributed by atoms with Crippen LogP contribution < -0.4 is 5.73 Å². The highest BCUT2D eigenvalue weighted by Crippen LogP contribution is 2.43. The van der Waals surface area contributed by atoms with Crippen molar-refractivity contribution in [2.75, 3.05) is 5.73 Å².